The fourth-order valence-corrected chi connectivity index (χ4v) is 5.17. The van der Waals surface area contributed by atoms with E-state index in [0.717, 1.165) is 15.3 Å². The molecule has 4 aromatic rings. The van der Waals surface area contributed by atoms with Gasteiger partial charge in [-0.15, -0.1) is 11.3 Å². The molecule has 0 amide bonds. The van der Waals surface area contributed by atoms with Crippen molar-refractivity contribution in [1.29, 1.82) is 0 Å². The fraction of sp³-hybridized carbons (Fsp3) is 0.333. The summed E-state index contributed by atoms with van der Waals surface area (Å²) in [7, 11) is 0. The molecule has 0 spiro atoms. The van der Waals surface area contributed by atoms with Crippen LogP contribution in [0.2, 0.25) is 0 Å². The lowest BCUT2D eigenvalue weighted by molar-refractivity contribution is 0.391. The Morgan fingerprint density at radius 2 is 2.00 bits per heavy atom. The zero-order chi connectivity index (χ0) is 21.6. The molecule has 0 saturated heterocycles. The molecule has 0 aliphatic heterocycles. The van der Waals surface area contributed by atoms with E-state index in [1.165, 1.54) is 29.2 Å². The molecule has 1 aromatic carbocycles. The zero-order valence-corrected chi connectivity index (χ0v) is 18.9. The summed E-state index contributed by atoms with van der Waals surface area (Å²) in [4.78, 5) is 24.1. The third-order valence-electron chi connectivity index (χ3n) is 4.94. The standard InChI is InChI=1S/C21H21FN4O2S2/c1-10(2)26-20(27)17-12(4)13(5)30-19(17)24-21(26)29-9-16-23-18(25-28-16)14-7-6-11(3)15(22)8-14/h6-8,10H,9H2,1-5H3. The number of thioether (sulfide) groups is 1. The third-order valence-corrected chi connectivity index (χ3v) is 6.98. The highest BCUT2D eigenvalue weighted by atomic mass is 32.2. The summed E-state index contributed by atoms with van der Waals surface area (Å²) in [6.07, 6.45) is 0. The maximum Gasteiger partial charge on any atom is 0.263 e. The maximum absolute atomic E-state index is 13.8. The Balaban J connectivity index is 1.64. The van der Waals surface area contributed by atoms with Crippen LogP contribution in [0.5, 0.6) is 0 Å². The number of benzene rings is 1. The largest absolute Gasteiger partial charge is 0.338 e. The normalized spacial score (nSPS) is 11.7. The minimum atomic E-state index is -0.312. The third kappa shape index (κ3) is 3.67. The van der Waals surface area contributed by atoms with E-state index >= 15 is 0 Å². The number of hydrogen-bond donors (Lipinski definition) is 0. The number of aromatic nitrogens is 4. The van der Waals surface area contributed by atoms with E-state index in [9.17, 15) is 9.18 Å². The second kappa shape index (κ2) is 7.96. The average Bonchev–Trinajstić information content (AvgIpc) is 3.27. The van der Waals surface area contributed by atoms with E-state index in [0.29, 0.717) is 39.1 Å². The highest BCUT2D eigenvalue weighted by Gasteiger charge is 2.19. The van der Waals surface area contributed by atoms with Crippen molar-refractivity contribution >= 4 is 33.3 Å². The van der Waals surface area contributed by atoms with Crippen LogP contribution < -0.4 is 5.56 Å². The van der Waals surface area contributed by atoms with Crippen LogP contribution >= 0.6 is 23.1 Å². The van der Waals surface area contributed by atoms with Crippen LogP contribution in [-0.4, -0.2) is 19.7 Å². The number of thiophene rings is 1. The van der Waals surface area contributed by atoms with Crippen molar-refractivity contribution < 1.29 is 8.91 Å². The van der Waals surface area contributed by atoms with E-state index in [4.69, 9.17) is 9.51 Å². The summed E-state index contributed by atoms with van der Waals surface area (Å²) in [6, 6.07) is 4.80. The summed E-state index contributed by atoms with van der Waals surface area (Å²) < 4.78 is 20.9. The van der Waals surface area contributed by atoms with Gasteiger partial charge in [0, 0.05) is 16.5 Å². The Labute approximate surface area is 181 Å². The van der Waals surface area contributed by atoms with Gasteiger partial charge < -0.3 is 4.52 Å². The van der Waals surface area contributed by atoms with E-state index in [1.807, 2.05) is 27.7 Å². The lowest BCUT2D eigenvalue weighted by Gasteiger charge is -2.14. The number of rotatable bonds is 5. The summed E-state index contributed by atoms with van der Waals surface area (Å²) in [5, 5.41) is 5.26. The molecule has 0 unspecified atom stereocenters. The smallest absolute Gasteiger partial charge is 0.263 e. The van der Waals surface area contributed by atoms with Gasteiger partial charge in [-0.05, 0) is 51.8 Å². The van der Waals surface area contributed by atoms with Crippen molar-refractivity contribution in [2.24, 2.45) is 0 Å². The van der Waals surface area contributed by atoms with Gasteiger partial charge in [0.1, 0.15) is 10.6 Å². The van der Waals surface area contributed by atoms with E-state index < -0.39 is 0 Å². The quantitative estimate of drug-likeness (QED) is 0.301. The summed E-state index contributed by atoms with van der Waals surface area (Å²) in [5.41, 5.74) is 2.08. The van der Waals surface area contributed by atoms with Gasteiger partial charge >= 0.3 is 0 Å². The number of fused-ring (bicyclic) bond motifs is 1. The molecule has 6 nitrogen and oxygen atoms in total. The van der Waals surface area contributed by atoms with E-state index in [-0.39, 0.29) is 17.4 Å². The van der Waals surface area contributed by atoms with Crippen LogP contribution in [0.25, 0.3) is 21.6 Å². The van der Waals surface area contributed by atoms with Gasteiger partial charge in [-0.25, -0.2) is 9.37 Å². The first kappa shape index (κ1) is 20.7. The van der Waals surface area contributed by atoms with Crippen LogP contribution in [0.3, 0.4) is 0 Å². The van der Waals surface area contributed by atoms with Gasteiger partial charge in [0.2, 0.25) is 11.7 Å². The second-order valence-electron chi connectivity index (χ2n) is 7.39. The molecule has 0 N–H and O–H groups in total. The molecule has 0 bridgehead atoms. The highest BCUT2D eigenvalue weighted by molar-refractivity contribution is 7.98. The molecule has 4 rings (SSSR count). The Hall–Kier alpha value is -2.52. The van der Waals surface area contributed by atoms with Crippen LogP contribution in [0.1, 0.15) is 41.8 Å². The lowest BCUT2D eigenvalue weighted by Crippen LogP contribution is -2.24. The van der Waals surface area contributed by atoms with Crippen LogP contribution in [0.4, 0.5) is 4.39 Å². The number of aryl methyl sites for hydroxylation is 3. The molecule has 0 aliphatic rings. The molecule has 0 atom stereocenters. The molecule has 156 valence electrons. The molecule has 9 heteroatoms. The summed E-state index contributed by atoms with van der Waals surface area (Å²) >= 11 is 2.90. The summed E-state index contributed by atoms with van der Waals surface area (Å²) in [6.45, 7) is 9.59. The number of halogens is 1. The first-order valence-electron chi connectivity index (χ1n) is 9.50. The van der Waals surface area contributed by atoms with Gasteiger partial charge in [0.25, 0.3) is 5.56 Å². The van der Waals surface area contributed by atoms with Crippen molar-refractivity contribution in [1.82, 2.24) is 19.7 Å². The molecule has 0 aliphatic carbocycles. The predicted octanol–water partition coefficient (Wildman–Crippen LogP) is 5.45. The minimum Gasteiger partial charge on any atom is -0.338 e. The second-order valence-corrected chi connectivity index (χ2v) is 9.54. The van der Waals surface area contributed by atoms with Crippen LogP contribution in [-0.2, 0) is 5.75 Å². The van der Waals surface area contributed by atoms with Gasteiger partial charge in [0.05, 0.1) is 11.1 Å². The molecule has 0 fully saturated rings. The number of hydrogen-bond acceptors (Lipinski definition) is 7. The molecule has 3 aromatic heterocycles. The average molecular weight is 445 g/mol. The molecular weight excluding hydrogens is 423 g/mol. The number of nitrogens with zero attached hydrogens (tertiary/aromatic N) is 4. The first-order valence-corrected chi connectivity index (χ1v) is 11.3. The van der Waals surface area contributed by atoms with Crippen molar-refractivity contribution in [2.45, 2.75) is 51.6 Å². The van der Waals surface area contributed by atoms with E-state index in [2.05, 4.69) is 10.1 Å². The Morgan fingerprint density at radius 3 is 2.70 bits per heavy atom. The molecule has 30 heavy (non-hydrogen) atoms. The van der Waals surface area contributed by atoms with Crippen LogP contribution in [0, 0.1) is 26.6 Å². The van der Waals surface area contributed by atoms with Crippen molar-refractivity contribution in [2.75, 3.05) is 0 Å². The van der Waals surface area contributed by atoms with Crippen LogP contribution in [0.15, 0.2) is 32.7 Å². The lowest BCUT2D eigenvalue weighted by atomic mass is 10.1. The van der Waals surface area contributed by atoms with Crippen molar-refractivity contribution in [3.8, 4) is 11.4 Å². The molecular formula is C21H21FN4O2S2. The van der Waals surface area contributed by atoms with E-state index in [1.54, 1.807) is 23.6 Å². The van der Waals surface area contributed by atoms with Gasteiger partial charge in [-0.2, -0.15) is 4.98 Å². The Bertz CT molecular complexity index is 1310. The predicted molar refractivity (Wildman–Crippen MR) is 118 cm³/mol. The zero-order valence-electron chi connectivity index (χ0n) is 17.3. The molecule has 0 radical (unpaired) electrons. The van der Waals surface area contributed by atoms with Gasteiger partial charge in [0.15, 0.2) is 5.16 Å². The minimum absolute atomic E-state index is 0.0271. The van der Waals surface area contributed by atoms with Gasteiger partial charge in [-0.3, -0.25) is 9.36 Å². The highest BCUT2D eigenvalue weighted by Crippen LogP contribution is 2.30. The SMILES string of the molecule is Cc1ccc(-c2noc(CSc3nc4sc(C)c(C)c4c(=O)n3C(C)C)n2)cc1F. The summed E-state index contributed by atoms with van der Waals surface area (Å²) in [5.74, 6) is 0.765. The monoisotopic (exact) mass is 444 g/mol. The van der Waals surface area contributed by atoms with Gasteiger partial charge in [-0.1, -0.05) is 29.1 Å². The molecule has 0 saturated carbocycles. The Kier molecular flexibility index (Phi) is 5.50. The molecule has 3 heterocycles. The fourth-order valence-electron chi connectivity index (χ4n) is 3.13. The van der Waals surface area contributed by atoms with Crippen molar-refractivity contribution in [3.05, 3.63) is 56.3 Å². The maximum atomic E-state index is 13.8. The first-order chi connectivity index (χ1) is 14.3. The Morgan fingerprint density at radius 1 is 1.23 bits per heavy atom. The van der Waals surface area contributed by atoms with Crippen molar-refractivity contribution in [3.63, 3.8) is 0 Å². The topological polar surface area (TPSA) is 73.8 Å².